The Morgan fingerprint density at radius 3 is 2.28 bits per heavy atom. The van der Waals surface area contributed by atoms with Gasteiger partial charge in [0.25, 0.3) is 0 Å². The van der Waals surface area contributed by atoms with E-state index >= 15 is 0 Å². The van der Waals surface area contributed by atoms with Crippen molar-refractivity contribution in [1.82, 2.24) is 4.98 Å². The molecule has 1 rings (SSSR count). The van der Waals surface area contributed by atoms with Crippen molar-refractivity contribution >= 4 is 5.82 Å². The van der Waals surface area contributed by atoms with Crippen LogP contribution in [0.2, 0.25) is 0 Å². The molecule has 1 unspecified atom stereocenters. The zero-order valence-corrected chi connectivity index (χ0v) is 12.4. The molecule has 1 atom stereocenters. The van der Waals surface area contributed by atoms with Crippen LogP contribution in [0.5, 0.6) is 0 Å². The minimum atomic E-state index is 0.0327. The molecule has 18 heavy (non-hydrogen) atoms. The maximum atomic E-state index is 5.66. The molecule has 0 aliphatic heterocycles. The van der Waals surface area contributed by atoms with E-state index in [1.54, 1.807) is 0 Å². The molecule has 1 heterocycles. The Bertz CT molecular complexity index is 364. The smallest absolute Gasteiger partial charge is 0.126 e. The van der Waals surface area contributed by atoms with Gasteiger partial charge < -0.3 is 11.1 Å². The Labute approximate surface area is 111 Å². The van der Waals surface area contributed by atoms with Gasteiger partial charge in [0.1, 0.15) is 5.82 Å². The lowest BCUT2D eigenvalue weighted by atomic mass is 9.88. The van der Waals surface area contributed by atoms with Crippen LogP contribution in [0.3, 0.4) is 0 Å². The van der Waals surface area contributed by atoms with Gasteiger partial charge in [0, 0.05) is 11.7 Å². The van der Waals surface area contributed by atoms with Gasteiger partial charge in [-0.2, -0.15) is 0 Å². The van der Waals surface area contributed by atoms with E-state index in [2.05, 4.69) is 57.1 Å². The van der Waals surface area contributed by atoms with Gasteiger partial charge in [-0.15, -0.1) is 0 Å². The first kappa shape index (κ1) is 15.0. The second-order valence-corrected chi connectivity index (χ2v) is 6.26. The molecular formula is C15H27N3. The maximum Gasteiger partial charge on any atom is 0.126 e. The normalized spacial score (nSPS) is 15.2. The predicted molar refractivity (Wildman–Crippen MR) is 78.9 cm³/mol. The van der Waals surface area contributed by atoms with Crippen LogP contribution in [0.1, 0.15) is 53.0 Å². The Morgan fingerprint density at radius 1 is 1.22 bits per heavy atom. The van der Waals surface area contributed by atoms with Crippen LogP contribution < -0.4 is 11.1 Å². The molecule has 0 aromatic carbocycles. The first-order valence-corrected chi connectivity index (χ1v) is 6.75. The molecular weight excluding hydrogens is 222 g/mol. The lowest BCUT2D eigenvalue weighted by Crippen LogP contribution is -2.36. The highest BCUT2D eigenvalue weighted by molar-refractivity contribution is 5.39. The van der Waals surface area contributed by atoms with Gasteiger partial charge in [0.15, 0.2) is 0 Å². The number of hydrogen-bond donors (Lipinski definition) is 2. The standard InChI is InChI=1S/C15H27N3/c1-6-15(5,9-10-16)18-13-8-7-12(11-17-13)14(2,3)4/h7-8,11H,6,9-10,16H2,1-5H3,(H,17,18). The largest absolute Gasteiger partial charge is 0.365 e. The molecule has 0 spiro atoms. The van der Waals surface area contributed by atoms with Gasteiger partial charge in [-0.05, 0) is 43.4 Å². The number of pyridine rings is 1. The molecule has 0 fully saturated rings. The van der Waals surface area contributed by atoms with Crippen molar-refractivity contribution in [2.75, 3.05) is 11.9 Å². The average Bonchev–Trinajstić information content (AvgIpc) is 2.29. The number of rotatable bonds is 5. The summed E-state index contributed by atoms with van der Waals surface area (Å²) in [6.45, 7) is 11.6. The van der Waals surface area contributed by atoms with Crippen LogP contribution in [0.4, 0.5) is 5.82 Å². The number of anilines is 1. The number of aromatic nitrogens is 1. The van der Waals surface area contributed by atoms with Crippen LogP contribution in [0, 0.1) is 0 Å². The summed E-state index contributed by atoms with van der Waals surface area (Å²) in [6.07, 6.45) is 3.94. The molecule has 0 aliphatic rings. The monoisotopic (exact) mass is 249 g/mol. The molecule has 0 saturated heterocycles. The molecule has 0 aliphatic carbocycles. The number of nitrogens with one attached hydrogen (secondary N) is 1. The maximum absolute atomic E-state index is 5.66. The van der Waals surface area contributed by atoms with Gasteiger partial charge >= 0.3 is 0 Å². The molecule has 3 heteroatoms. The number of nitrogens with zero attached hydrogens (tertiary/aromatic N) is 1. The molecule has 0 bridgehead atoms. The molecule has 0 radical (unpaired) electrons. The Balaban J connectivity index is 2.80. The summed E-state index contributed by atoms with van der Waals surface area (Å²) in [5, 5.41) is 3.49. The second kappa shape index (κ2) is 5.70. The number of nitrogens with two attached hydrogens (primary N) is 1. The van der Waals surface area contributed by atoms with Crippen LogP contribution >= 0.6 is 0 Å². The predicted octanol–water partition coefficient (Wildman–Crippen LogP) is 3.31. The quantitative estimate of drug-likeness (QED) is 0.841. The van der Waals surface area contributed by atoms with Crippen molar-refractivity contribution in [1.29, 1.82) is 0 Å². The Kier molecular flexibility index (Phi) is 4.74. The van der Waals surface area contributed by atoms with Crippen molar-refractivity contribution in [2.45, 2.75) is 58.4 Å². The topological polar surface area (TPSA) is 50.9 Å². The Morgan fingerprint density at radius 2 is 1.89 bits per heavy atom. The van der Waals surface area contributed by atoms with Gasteiger partial charge in [-0.1, -0.05) is 33.8 Å². The highest BCUT2D eigenvalue weighted by Gasteiger charge is 2.21. The third kappa shape index (κ3) is 3.98. The van der Waals surface area contributed by atoms with Crippen molar-refractivity contribution in [3.8, 4) is 0 Å². The molecule has 0 saturated carbocycles. The summed E-state index contributed by atoms with van der Waals surface area (Å²) in [5.41, 5.74) is 7.10. The molecule has 1 aromatic rings. The first-order valence-electron chi connectivity index (χ1n) is 6.75. The van der Waals surface area contributed by atoms with Gasteiger partial charge in [0.2, 0.25) is 0 Å². The minimum Gasteiger partial charge on any atom is -0.365 e. The van der Waals surface area contributed by atoms with E-state index in [4.69, 9.17) is 5.73 Å². The van der Waals surface area contributed by atoms with Crippen LogP contribution in [-0.2, 0) is 5.41 Å². The summed E-state index contributed by atoms with van der Waals surface area (Å²) in [7, 11) is 0. The molecule has 3 N–H and O–H groups in total. The van der Waals surface area contributed by atoms with Crippen molar-refractivity contribution in [2.24, 2.45) is 5.73 Å². The SMILES string of the molecule is CCC(C)(CCN)Nc1ccc(C(C)(C)C)cn1. The van der Waals surface area contributed by atoms with Crippen molar-refractivity contribution in [3.63, 3.8) is 0 Å². The minimum absolute atomic E-state index is 0.0327. The van der Waals surface area contributed by atoms with Crippen molar-refractivity contribution < 1.29 is 0 Å². The van der Waals surface area contributed by atoms with Gasteiger partial charge in [0.05, 0.1) is 0 Å². The third-order valence-electron chi connectivity index (χ3n) is 3.54. The fourth-order valence-electron chi connectivity index (χ4n) is 1.87. The lowest BCUT2D eigenvalue weighted by Gasteiger charge is -2.30. The summed E-state index contributed by atoms with van der Waals surface area (Å²) < 4.78 is 0. The second-order valence-electron chi connectivity index (χ2n) is 6.26. The van der Waals surface area contributed by atoms with E-state index in [9.17, 15) is 0 Å². The fourth-order valence-corrected chi connectivity index (χ4v) is 1.87. The van der Waals surface area contributed by atoms with E-state index in [0.717, 1.165) is 18.7 Å². The van der Waals surface area contributed by atoms with E-state index in [-0.39, 0.29) is 11.0 Å². The molecule has 102 valence electrons. The third-order valence-corrected chi connectivity index (χ3v) is 3.54. The van der Waals surface area contributed by atoms with Crippen LogP contribution in [0.15, 0.2) is 18.3 Å². The molecule has 3 nitrogen and oxygen atoms in total. The Hall–Kier alpha value is -1.09. The van der Waals surface area contributed by atoms with Gasteiger partial charge in [-0.3, -0.25) is 0 Å². The first-order chi connectivity index (χ1) is 8.30. The zero-order valence-electron chi connectivity index (χ0n) is 12.4. The molecule has 0 amide bonds. The van der Waals surface area contributed by atoms with E-state index in [0.29, 0.717) is 6.54 Å². The summed E-state index contributed by atoms with van der Waals surface area (Å²) >= 11 is 0. The summed E-state index contributed by atoms with van der Waals surface area (Å²) in [6, 6.07) is 4.21. The van der Waals surface area contributed by atoms with Crippen LogP contribution in [0.25, 0.3) is 0 Å². The highest BCUT2D eigenvalue weighted by atomic mass is 15.0. The van der Waals surface area contributed by atoms with E-state index in [1.807, 2.05) is 6.20 Å². The van der Waals surface area contributed by atoms with Crippen LogP contribution in [-0.4, -0.2) is 17.1 Å². The molecule has 1 aromatic heterocycles. The highest BCUT2D eigenvalue weighted by Crippen LogP contribution is 2.24. The lowest BCUT2D eigenvalue weighted by molar-refractivity contribution is 0.462. The summed E-state index contributed by atoms with van der Waals surface area (Å²) in [4.78, 5) is 4.51. The van der Waals surface area contributed by atoms with E-state index < -0.39 is 0 Å². The summed E-state index contributed by atoms with van der Waals surface area (Å²) in [5.74, 6) is 0.931. The number of hydrogen-bond acceptors (Lipinski definition) is 3. The zero-order chi connectivity index (χ0) is 13.8. The van der Waals surface area contributed by atoms with E-state index in [1.165, 1.54) is 5.56 Å². The van der Waals surface area contributed by atoms with Gasteiger partial charge in [-0.25, -0.2) is 4.98 Å². The fraction of sp³-hybridized carbons (Fsp3) is 0.667. The van der Waals surface area contributed by atoms with Crippen molar-refractivity contribution in [3.05, 3.63) is 23.9 Å². The average molecular weight is 249 g/mol.